The fourth-order valence-corrected chi connectivity index (χ4v) is 2.46. The molecule has 0 fully saturated rings. The van der Waals surface area contributed by atoms with Crippen molar-refractivity contribution < 1.29 is 4.79 Å². The second-order valence-corrected chi connectivity index (χ2v) is 5.00. The Morgan fingerprint density at radius 1 is 1.18 bits per heavy atom. The molecule has 0 radical (unpaired) electrons. The smallest absolute Gasteiger partial charge is 0.272 e. The van der Waals surface area contributed by atoms with Gasteiger partial charge in [-0.3, -0.25) is 9.89 Å². The number of carbonyl (C=O) groups is 1. The summed E-state index contributed by atoms with van der Waals surface area (Å²) in [6.45, 7) is 0.363. The molecule has 0 spiro atoms. The van der Waals surface area contributed by atoms with Crippen LogP contribution in [0.25, 0.3) is 16.6 Å². The fourth-order valence-electron chi connectivity index (χ4n) is 2.46. The molecular weight excluding hydrogens is 278 g/mol. The Bertz CT molecular complexity index is 936. The Labute approximate surface area is 125 Å². The van der Waals surface area contributed by atoms with Crippen molar-refractivity contribution in [1.82, 2.24) is 24.9 Å². The fraction of sp³-hybridized carbons (Fsp3) is 0.0625. The number of aromatic nitrogens is 4. The van der Waals surface area contributed by atoms with E-state index in [9.17, 15) is 4.79 Å². The van der Waals surface area contributed by atoms with Gasteiger partial charge in [-0.2, -0.15) is 5.10 Å². The molecule has 0 bridgehead atoms. The predicted octanol–water partition coefficient (Wildman–Crippen LogP) is 2.14. The van der Waals surface area contributed by atoms with Gasteiger partial charge in [0.1, 0.15) is 5.65 Å². The zero-order chi connectivity index (χ0) is 14.9. The normalized spacial score (nSPS) is 11.1. The summed E-state index contributed by atoms with van der Waals surface area (Å²) in [5.41, 5.74) is 2.91. The summed E-state index contributed by atoms with van der Waals surface area (Å²) in [7, 11) is 0. The summed E-state index contributed by atoms with van der Waals surface area (Å²) >= 11 is 0. The molecule has 0 aliphatic heterocycles. The van der Waals surface area contributed by atoms with Crippen LogP contribution >= 0.6 is 0 Å². The highest BCUT2D eigenvalue weighted by molar-refractivity contribution is 6.04. The van der Waals surface area contributed by atoms with E-state index in [1.165, 1.54) is 0 Å². The van der Waals surface area contributed by atoms with Crippen LogP contribution in [0.15, 0.2) is 54.9 Å². The zero-order valence-electron chi connectivity index (χ0n) is 11.7. The number of rotatable bonds is 3. The van der Waals surface area contributed by atoms with Gasteiger partial charge in [0.05, 0.1) is 17.8 Å². The van der Waals surface area contributed by atoms with Crippen molar-refractivity contribution in [2.24, 2.45) is 0 Å². The summed E-state index contributed by atoms with van der Waals surface area (Å²) < 4.78 is 1.92. The lowest BCUT2D eigenvalue weighted by atomic mass is 10.2. The lowest BCUT2D eigenvalue weighted by Gasteiger charge is -2.00. The quantitative estimate of drug-likeness (QED) is 0.607. The third-order valence-electron chi connectivity index (χ3n) is 3.53. The second-order valence-electron chi connectivity index (χ2n) is 5.00. The molecule has 2 N–H and O–H groups in total. The molecule has 0 atom stereocenters. The second kappa shape index (κ2) is 5.00. The van der Waals surface area contributed by atoms with E-state index >= 15 is 0 Å². The predicted molar refractivity (Wildman–Crippen MR) is 82.5 cm³/mol. The molecule has 108 valence electrons. The van der Waals surface area contributed by atoms with Crippen molar-refractivity contribution in [3.63, 3.8) is 0 Å². The van der Waals surface area contributed by atoms with Gasteiger partial charge in [-0.15, -0.1) is 0 Å². The molecule has 6 nitrogen and oxygen atoms in total. The molecule has 4 rings (SSSR count). The maximum absolute atomic E-state index is 12.3. The van der Waals surface area contributed by atoms with Crippen molar-refractivity contribution in [3.8, 4) is 0 Å². The number of aromatic amines is 1. The largest absolute Gasteiger partial charge is 0.345 e. The molecule has 0 saturated carbocycles. The highest BCUT2D eigenvalue weighted by atomic mass is 16.1. The van der Waals surface area contributed by atoms with E-state index < -0.39 is 0 Å². The minimum Gasteiger partial charge on any atom is -0.345 e. The van der Waals surface area contributed by atoms with Crippen LogP contribution in [0.3, 0.4) is 0 Å². The Balaban J connectivity index is 1.54. The molecule has 1 aromatic carbocycles. The van der Waals surface area contributed by atoms with Crippen LogP contribution in [0.2, 0.25) is 0 Å². The summed E-state index contributed by atoms with van der Waals surface area (Å²) in [4.78, 5) is 16.7. The summed E-state index contributed by atoms with van der Waals surface area (Å²) in [5, 5.41) is 10.6. The number of imidazole rings is 1. The van der Waals surface area contributed by atoms with E-state index in [1.54, 1.807) is 0 Å². The summed E-state index contributed by atoms with van der Waals surface area (Å²) in [6.07, 6.45) is 3.83. The van der Waals surface area contributed by atoms with Gasteiger partial charge in [0.2, 0.25) is 0 Å². The van der Waals surface area contributed by atoms with Crippen molar-refractivity contribution in [2.45, 2.75) is 6.54 Å². The zero-order valence-corrected chi connectivity index (χ0v) is 11.7. The van der Waals surface area contributed by atoms with Gasteiger partial charge < -0.3 is 9.72 Å². The lowest BCUT2D eigenvalue weighted by Crippen LogP contribution is -2.23. The van der Waals surface area contributed by atoms with Crippen LogP contribution in [0.1, 0.15) is 16.2 Å². The molecule has 0 saturated heterocycles. The van der Waals surface area contributed by atoms with E-state index in [2.05, 4.69) is 20.5 Å². The number of para-hydroxylation sites is 1. The Hall–Kier alpha value is -3.15. The van der Waals surface area contributed by atoms with E-state index in [1.807, 2.05) is 59.3 Å². The van der Waals surface area contributed by atoms with Crippen molar-refractivity contribution in [1.29, 1.82) is 0 Å². The van der Waals surface area contributed by atoms with Gasteiger partial charge in [0.25, 0.3) is 5.91 Å². The molecule has 0 aliphatic carbocycles. The van der Waals surface area contributed by atoms with E-state index in [0.717, 1.165) is 22.2 Å². The van der Waals surface area contributed by atoms with Gasteiger partial charge in [-0.25, -0.2) is 4.98 Å². The van der Waals surface area contributed by atoms with Crippen LogP contribution in [-0.4, -0.2) is 25.5 Å². The first-order valence-corrected chi connectivity index (χ1v) is 6.95. The Morgan fingerprint density at radius 3 is 2.95 bits per heavy atom. The molecule has 4 aromatic rings. The number of carbonyl (C=O) groups excluding carboxylic acids is 1. The highest BCUT2D eigenvalue weighted by Gasteiger charge is 2.13. The maximum Gasteiger partial charge on any atom is 0.272 e. The minimum atomic E-state index is -0.213. The van der Waals surface area contributed by atoms with Crippen LogP contribution < -0.4 is 5.32 Å². The number of hydrogen-bond donors (Lipinski definition) is 2. The van der Waals surface area contributed by atoms with Gasteiger partial charge in [0, 0.05) is 17.8 Å². The molecular formula is C16H13N5O. The third kappa shape index (κ3) is 2.10. The first-order chi connectivity index (χ1) is 10.8. The van der Waals surface area contributed by atoms with Crippen LogP contribution in [0.5, 0.6) is 0 Å². The number of fused-ring (bicyclic) bond motifs is 2. The molecule has 0 aliphatic rings. The molecule has 1 amide bonds. The Morgan fingerprint density at radius 2 is 2.05 bits per heavy atom. The third-order valence-corrected chi connectivity index (χ3v) is 3.53. The van der Waals surface area contributed by atoms with Crippen LogP contribution in [0, 0.1) is 0 Å². The highest BCUT2D eigenvalue weighted by Crippen LogP contribution is 2.15. The van der Waals surface area contributed by atoms with Crippen molar-refractivity contribution in [2.75, 3.05) is 0 Å². The molecule has 6 heteroatoms. The van der Waals surface area contributed by atoms with Crippen molar-refractivity contribution >= 4 is 22.5 Å². The SMILES string of the molecule is O=C(NCc1cn2ccccc2n1)c1n[nH]c2ccccc12. The molecule has 0 unspecified atom stereocenters. The lowest BCUT2D eigenvalue weighted by molar-refractivity contribution is 0.0947. The first kappa shape index (κ1) is 12.6. The van der Waals surface area contributed by atoms with Gasteiger partial charge in [0.15, 0.2) is 5.69 Å². The molecule has 3 heterocycles. The number of benzene rings is 1. The van der Waals surface area contributed by atoms with Gasteiger partial charge >= 0.3 is 0 Å². The standard InChI is InChI=1S/C16H13N5O/c22-16(15-12-5-1-2-6-13(12)19-20-15)17-9-11-10-21-8-4-3-7-14(21)18-11/h1-8,10H,9H2,(H,17,22)(H,19,20). The van der Waals surface area contributed by atoms with Crippen LogP contribution in [0.4, 0.5) is 0 Å². The molecule has 22 heavy (non-hydrogen) atoms. The molecule has 3 aromatic heterocycles. The van der Waals surface area contributed by atoms with E-state index in [-0.39, 0.29) is 5.91 Å². The minimum absolute atomic E-state index is 0.213. The monoisotopic (exact) mass is 291 g/mol. The summed E-state index contributed by atoms with van der Waals surface area (Å²) in [6, 6.07) is 13.3. The average Bonchev–Trinajstić information content (AvgIpc) is 3.16. The summed E-state index contributed by atoms with van der Waals surface area (Å²) in [5.74, 6) is -0.213. The number of amides is 1. The van der Waals surface area contributed by atoms with Gasteiger partial charge in [-0.1, -0.05) is 24.3 Å². The topological polar surface area (TPSA) is 75.1 Å². The number of pyridine rings is 1. The van der Waals surface area contributed by atoms with Crippen LogP contribution in [-0.2, 0) is 6.54 Å². The maximum atomic E-state index is 12.3. The van der Waals surface area contributed by atoms with Crippen molar-refractivity contribution in [3.05, 3.63) is 66.2 Å². The van der Waals surface area contributed by atoms with E-state index in [4.69, 9.17) is 0 Å². The number of H-pyrrole nitrogens is 1. The Kier molecular flexibility index (Phi) is 2.86. The first-order valence-electron chi connectivity index (χ1n) is 6.95. The van der Waals surface area contributed by atoms with E-state index in [0.29, 0.717) is 12.2 Å². The number of hydrogen-bond acceptors (Lipinski definition) is 3. The average molecular weight is 291 g/mol. The number of nitrogens with zero attached hydrogens (tertiary/aromatic N) is 3. The number of nitrogens with one attached hydrogen (secondary N) is 2. The van der Waals surface area contributed by atoms with Gasteiger partial charge in [-0.05, 0) is 18.2 Å².